The van der Waals surface area contributed by atoms with Gasteiger partial charge in [0, 0.05) is 65.3 Å². The van der Waals surface area contributed by atoms with Crippen molar-refractivity contribution < 1.29 is 33.2 Å². The molecule has 10 heteroatoms. The van der Waals surface area contributed by atoms with Crippen molar-refractivity contribution in [3.63, 3.8) is 0 Å². The first-order valence-corrected chi connectivity index (χ1v) is 9.46. The van der Waals surface area contributed by atoms with Crippen LogP contribution in [0.2, 0.25) is 0 Å². The zero-order valence-corrected chi connectivity index (χ0v) is 17.5. The van der Waals surface area contributed by atoms with Gasteiger partial charge in [-0.3, -0.25) is 0 Å². The van der Waals surface area contributed by atoms with Gasteiger partial charge in [0.2, 0.25) is 17.7 Å². The average Bonchev–Trinajstić information content (AvgIpc) is 2.65. The summed E-state index contributed by atoms with van der Waals surface area (Å²) in [6, 6.07) is 0. The van der Waals surface area contributed by atoms with Gasteiger partial charge < -0.3 is 33.2 Å². The van der Waals surface area contributed by atoms with E-state index in [9.17, 15) is 0 Å². The molecule has 0 aromatic carbocycles. The van der Waals surface area contributed by atoms with Crippen LogP contribution >= 0.6 is 0 Å². The third-order valence-electron chi connectivity index (χ3n) is 4.75. The molecule has 30 heavy (non-hydrogen) atoms. The van der Waals surface area contributed by atoms with Crippen LogP contribution in [0.1, 0.15) is 0 Å². The van der Waals surface area contributed by atoms with Gasteiger partial charge in [0.1, 0.15) is 24.9 Å². The molecule has 10 nitrogen and oxygen atoms in total. The number of hydrogen-bond donors (Lipinski definition) is 0. The SMILES string of the molecule is COCC(OC)C(OC1=NC=C1)C(OC)C(OC1=NC=C1)C(COC1=NC=C1)OC. The highest BCUT2D eigenvalue weighted by Gasteiger charge is 2.44. The molecule has 3 rings (SSSR count). The predicted octanol–water partition coefficient (Wildman–Crippen LogP) is 1.24. The first-order chi connectivity index (χ1) is 14.7. The molecule has 0 bridgehead atoms. The molecule has 0 saturated heterocycles. The van der Waals surface area contributed by atoms with Crippen LogP contribution in [0.4, 0.5) is 0 Å². The van der Waals surface area contributed by atoms with Crippen molar-refractivity contribution in [2.24, 2.45) is 15.0 Å². The molecule has 3 heterocycles. The van der Waals surface area contributed by atoms with Crippen molar-refractivity contribution >= 4 is 17.7 Å². The second-order valence-corrected chi connectivity index (χ2v) is 6.53. The Labute approximate surface area is 175 Å². The first-order valence-electron chi connectivity index (χ1n) is 9.46. The highest BCUT2D eigenvalue weighted by atomic mass is 16.6. The van der Waals surface area contributed by atoms with E-state index >= 15 is 0 Å². The molecule has 0 aromatic heterocycles. The Kier molecular flexibility index (Phi) is 8.14. The number of methoxy groups -OCH3 is 4. The maximum absolute atomic E-state index is 6.10. The van der Waals surface area contributed by atoms with Crippen LogP contribution in [0.15, 0.2) is 51.8 Å². The van der Waals surface area contributed by atoms with Crippen LogP contribution in [-0.4, -0.2) is 89.9 Å². The van der Waals surface area contributed by atoms with Crippen LogP contribution in [0.5, 0.6) is 0 Å². The highest BCUT2D eigenvalue weighted by Crippen LogP contribution is 2.24. The second-order valence-electron chi connectivity index (χ2n) is 6.53. The van der Waals surface area contributed by atoms with Gasteiger partial charge in [0.05, 0.1) is 6.61 Å². The fourth-order valence-corrected chi connectivity index (χ4v) is 3.00. The van der Waals surface area contributed by atoms with E-state index in [4.69, 9.17) is 33.2 Å². The first kappa shape index (κ1) is 22.2. The number of aliphatic imine (C=N–C) groups is 3. The summed E-state index contributed by atoms with van der Waals surface area (Å²) in [7, 11) is 6.32. The maximum atomic E-state index is 6.10. The topological polar surface area (TPSA) is 102 Å². The van der Waals surface area contributed by atoms with Crippen molar-refractivity contribution in [3.05, 3.63) is 36.8 Å². The van der Waals surface area contributed by atoms with Gasteiger partial charge in [0.15, 0.2) is 12.2 Å². The molecular formula is C20H27N3O7. The molecule has 5 atom stereocenters. The van der Waals surface area contributed by atoms with E-state index in [2.05, 4.69) is 15.0 Å². The summed E-state index contributed by atoms with van der Waals surface area (Å²) in [5.74, 6) is 1.46. The minimum atomic E-state index is -0.641. The molecule has 3 aliphatic rings. The number of rotatable bonds is 13. The van der Waals surface area contributed by atoms with Gasteiger partial charge in [-0.15, -0.1) is 0 Å². The van der Waals surface area contributed by atoms with Crippen LogP contribution < -0.4 is 0 Å². The van der Waals surface area contributed by atoms with Crippen molar-refractivity contribution in [1.29, 1.82) is 0 Å². The summed E-state index contributed by atoms with van der Waals surface area (Å²) < 4.78 is 40.3. The van der Waals surface area contributed by atoms with Crippen LogP contribution in [-0.2, 0) is 33.2 Å². The van der Waals surface area contributed by atoms with E-state index in [-0.39, 0.29) is 13.2 Å². The minimum Gasteiger partial charge on any atom is -0.475 e. The largest absolute Gasteiger partial charge is 0.475 e. The number of hydrogen-bond acceptors (Lipinski definition) is 10. The van der Waals surface area contributed by atoms with E-state index in [1.165, 1.54) is 0 Å². The Bertz CT molecular complexity index is 759. The molecule has 0 radical (unpaired) electrons. The third kappa shape index (κ3) is 5.33. The molecule has 0 N–H and O–H groups in total. The van der Waals surface area contributed by atoms with Gasteiger partial charge in [-0.25, -0.2) is 15.0 Å². The molecule has 0 saturated carbocycles. The normalized spacial score (nSPS) is 21.0. The maximum Gasteiger partial charge on any atom is 0.215 e. The molecule has 0 aliphatic carbocycles. The van der Waals surface area contributed by atoms with E-state index in [0.29, 0.717) is 17.7 Å². The lowest BCUT2D eigenvalue weighted by Crippen LogP contribution is -2.56. The standard InChI is InChI=1S/C20H27N3O7/c1-24-11-13(25-2)18(29-16-6-9-22-16)20(27-4)19(30-17-7-10-23-17)14(26-3)12-28-15-5-8-21-15/h5-10,13-14,18-20H,11-12H2,1-4H3. The second kappa shape index (κ2) is 11.0. The lowest BCUT2D eigenvalue weighted by atomic mass is 9.98. The van der Waals surface area contributed by atoms with Gasteiger partial charge in [-0.1, -0.05) is 0 Å². The monoisotopic (exact) mass is 421 g/mol. The van der Waals surface area contributed by atoms with Crippen LogP contribution in [0.25, 0.3) is 0 Å². The van der Waals surface area contributed by atoms with Gasteiger partial charge >= 0.3 is 0 Å². The lowest BCUT2D eigenvalue weighted by Gasteiger charge is -2.39. The Morgan fingerprint density at radius 3 is 1.43 bits per heavy atom. The van der Waals surface area contributed by atoms with Gasteiger partial charge in [-0.2, -0.15) is 0 Å². The highest BCUT2D eigenvalue weighted by molar-refractivity contribution is 5.93. The predicted molar refractivity (Wildman–Crippen MR) is 110 cm³/mol. The summed E-state index contributed by atoms with van der Waals surface area (Å²) in [6.45, 7) is 0.470. The Hall–Kier alpha value is -2.53. The van der Waals surface area contributed by atoms with Crippen LogP contribution in [0.3, 0.4) is 0 Å². The molecular weight excluding hydrogens is 394 g/mol. The van der Waals surface area contributed by atoms with Gasteiger partial charge in [0.25, 0.3) is 0 Å². The van der Waals surface area contributed by atoms with Gasteiger partial charge in [-0.05, 0) is 0 Å². The van der Waals surface area contributed by atoms with E-state index in [1.807, 2.05) is 0 Å². The van der Waals surface area contributed by atoms with Crippen LogP contribution in [0, 0.1) is 0 Å². The summed E-state index contributed by atoms with van der Waals surface area (Å²) in [6.07, 6.45) is 7.35. The molecule has 0 fully saturated rings. The van der Waals surface area contributed by atoms with E-state index in [1.54, 1.807) is 65.3 Å². The zero-order chi connectivity index (χ0) is 21.3. The molecule has 3 aliphatic heterocycles. The number of nitrogens with zero attached hydrogens (tertiary/aromatic N) is 3. The Morgan fingerprint density at radius 1 is 0.633 bits per heavy atom. The quantitative estimate of drug-likeness (QED) is 0.441. The van der Waals surface area contributed by atoms with Crippen molar-refractivity contribution in [3.8, 4) is 0 Å². The van der Waals surface area contributed by atoms with Crippen molar-refractivity contribution in [2.45, 2.75) is 30.5 Å². The molecule has 0 amide bonds. The summed E-state index contributed by atoms with van der Waals surface area (Å²) in [4.78, 5) is 12.2. The smallest absolute Gasteiger partial charge is 0.215 e. The minimum absolute atomic E-state index is 0.191. The Balaban J connectivity index is 1.82. The molecule has 5 unspecified atom stereocenters. The fraction of sp³-hybridized carbons (Fsp3) is 0.550. The Morgan fingerprint density at radius 2 is 1.10 bits per heavy atom. The molecule has 164 valence electrons. The molecule has 0 aromatic rings. The number of ether oxygens (including phenoxy) is 7. The summed E-state index contributed by atoms with van der Waals surface area (Å²) >= 11 is 0. The van der Waals surface area contributed by atoms with Crippen molar-refractivity contribution in [2.75, 3.05) is 41.7 Å². The fourth-order valence-electron chi connectivity index (χ4n) is 3.00. The summed E-state index contributed by atoms with van der Waals surface area (Å²) in [5, 5.41) is 0. The average molecular weight is 421 g/mol. The summed E-state index contributed by atoms with van der Waals surface area (Å²) in [5.41, 5.74) is 0. The third-order valence-corrected chi connectivity index (χ3v) is 4.75. The lowest BCUT2D eigenvalue weighted by molar-refractivity contribution is -0.160. The molecule has 0 spiro atoms. The van der Waals surface area contributed by atoms with E-state index in [0.717, 1.165) is 0 Å². The van der Waals surface area contributed by atoms with E-state index < -0.39 is 30.5 Å². The zero-order valence-electron chi connectivity index (χ0n) is 17.5. The van der Waals surface area contributed by atoms with Crippen molar-refractivity contribution in [1.82, 2.24) is 0 Å².